The van der Waals surface area contributed by atoms with Crippen molar-refractivity contribution in [2.45, 2.75) is 45.7 Å². The molecule has 1 aromatic carbocycles. The first kappa shape index (κ1) is 13.7. The largest absolute Gasteiger partial charge is 0.492 e. The minimum Gasteiger partial charge on any atom is -0.492 e. The van der Waals surface area contributed by atoms with Crippen molar-refractivity contribution < 1.29 is 4.74 Å². The fourth-order valence-corrected chi connectivity index (χ4v) is 2.15. The number of benzene rings is 1. The highest BCUT2D eigenvalue weighted by atomic mass is 35.5. The minimum absolute atomic E-state index is 0.461. The van der Waals surface area contributed by atoms with Gasteiger partial charge < -0.3 is 10.1 Å². The molecule has 3 heteroatoms. The lowest BCUT2D eigenvalue weighted by Crippen LogP contribution is -2.22. The minimum atomic E-state index is 0.461. The zero-order valence-electron chi connectivity index (χ0n) is 11.2. The summed E-state index contributed by atoms with van der Waals surface area (Å²) < 4.78 is 5.88. The van der Waals surface area contributed by atoms with E-state index in [-0.39, 0.29) is 0 Å². The third-order valence-electron chi connectivity index (χ3n) is 3.22. The van der Waals surface area contributed by atoms with Crippen LogP contribution in [0.25, 0.3) is 0 Å². The van der Waals surface area contributed by atoms with Gasteiger partial charge in [-0.15, -0.1) is 0 Å². The second-order valence-electron chi connectivity index (χ2n) is 5.34. The van der Waals surface area contributed by atoms with E-state index in [9.17, 15) is 0 Å². The molecule has 0 amide bonds. The van der Waals surface area contributed by atoms with Gasteiger partial charge in [-0.05, 0) is 18.4 Å². The van der Waals surface area contributed by atoms with Gasteiger partial charge in [0, 0.05) is 18.2 Å². The SMILES string of the molecule is CC(C)NCc1cccc(Cl)c1OCCC1CC1. The molecule has 1 fully saturated rings. The van der Waals surface area contributed by atoms with E-state index in [1.54, 1.807) is 0 Å². The van der Waals surface area contributed by atoms with Gasteiger partial charge in [0.15, 0.2) is 0 Å². The average molecular weight is 268 g/mol. The van der Waals surface area contributed by atoms with Crippen LogP contribution in [0, 0.1) is 5.92 Å². The van der Waals surface area contributed by atoms with E-state index in [4.69, 9.17) is 16.3 Å². The maximum absolute atomic E-state index is 6.22. The molecule has 2 rings (SSSR count). The van der Waals surface area contributed by atoms with Crippen LogP contribution in [-0.2, 0) is 6.54 Å². The monoisotopic (exact) mass is 267 g/mol. The van der Waals surface area contributed by atoms with Crippen LogP contribution in [0.15, 0.2) is 18.2 Å². The molecule has 1 saturated carbocycles. The van der Waals surface area contributed by atoms with E-state index in [1.165, 1.54) is 12.8 Å². The van der Waals surface area contributed by atoms with Crippen molar-refractivity contribution in [3.63, 3.8) is 0 Å². The Hall–Kier alpha value is -0.730. The van der Waals surface area contributed by atoms with Crippen LogP contribution in [0.3, 0.4) is 0 Å². The summed E-state index contributed by atoms with van der Waals surface area (Å²) in [4.78, 5) is 0. The summed E-state index contributed by atoms with van der Waals surface area (Å²) in [5, 5.41) is 4.12. The van der Waals surface area contributed by atoms with Crippen LogP contribution in [0.5, 0.6) is 5.75 Å². The number of para-hydroxylation sites is 1. The van der Waals surface area contributed by atoms with Crippen LogP contribution < -0.4 is 10.1 Å². The summed E-state index contributed by atoms with van der Waals surface area (Å²) >= 11 is 6.22. The molecule has 0 saturated heterocycles. The Kier molecular flexibility index (Phi) is 4.90. The van der Waals surface area contributed by atoms with Gasteiger partial charge in [-0.25, -0.2) is 0 Å². The normalized spacial score (nSPS) is 15.1. The van der Waals surface area contributed by atoms with Crippen LogP contribution >= 0.6 is 11.6 Å². The first-order valence-corrected chi connectivity index (χ1v) is 7.18. The van der Waals surface area contributed by atoms with Crippen LogP contribution in [0.1, 0.15) is 38.7 Å². The Morgan fingerprint density at radius 3 is 2.83 bits per heavy atom. The van der Waals surface area contributed by atoms with Gasteiger partial charge in [-0.3, -0.25) is 0 Å². The summed E-state index contributed by atoms with van der Waals surface area (Å²) in [6.07, 6.45) is 3.89. The molecule has 1 aromatic rings. The van der Waals surface area contributed by atoms with Crippen molar-refractivity contribution in [1.82, 2.24) is 5.32 Å². The van der Waals surface area contributed by atoms with E-state index in [0.29, 0.717) is 11.1 Å². The molecule has 0 heterocycles. The highest BCUT2D eigenvalue weighted by molar-refractivity contribution is 6.32. The molecule has 0 atom stereocenters. The molecule has 0 bridgehead atoms. The van der Waals surface area contributed by atoms with E-state index in [0.717, 1.165) is 36.8 Å². The first-order chi connectivity index (χ1) is 8.66. The number of ether oxygens (including phenoxy) is 1. The molecule has 0 spiro atoms. The lowest BCUT2D eigenvalue weighted by Gasteiger charge is -2.15. The quantitative estimate of drug-likeness (QED) is 0.806. The molecule has 0 unspecified atom stereocenters. The summed E-state index contributed by atoms with van der Waals surface area (Å²) in [7, 11) is 0. The van der Waals surface area contributed by atoms with Crippen molar-refractivity contribution >= 4 is 11.6 Å². The Morgan fingerprint density at radius 1 is 1.39 bits per heavy atom. The maximum Gasteiger partial charge on any atom is 0.142 e. The van der Waals surface area contributed by atoms with Gasteiger partial charge >= 0.3 is 0 Å². The predicted molar refractivity (Wildman–Crippen MR) is 76.3 cm³/mol. The smallest absolute Gasteiger partial charge is 0.142 e. The fourth-order valence-electron chi connectivity index (χ4n) is 1.90. The Balaban J connectivity index is 1.95. The molecule has 0 radical (unpaired) electrons. The van der Waals surface area contributed by atoms with Gasteiger partial charge in [0.2, 0.25) is 0 Å². The second kappa shape index (κ2) is 6.44. The van der Waals surface area contributed by atoms with Gasteiger partial charge in [-0.2, -0.15) is 0 Å². The van der Waals surface area contributed by atoms with Gasteiger partial charge in [0.1, 0.15) is 5.75 Å². The lowest BCUT2D eigenvalue weighted by atomic mass is 10.2. The Labute approximate surface area is 115 Å². The van der Waals surface area contributed by atoms with Crippen LogP contribution in [-0.4, -0.2) is 12.6 Å². The predicted octanol–water partition coefficient (Wildman–Crippen LogP) is 4.02. The third kappa shape index (κ3) is 4.18. The molecular formula is C15H22ClNO. The molecule has 0 aromatic heterocycles. The average Bonchev–Trinajstić information content (AvgIpc) is 3.13. The summed E-state index contributed by atoms with van der Waals surface area (Å²) in [6, 6.07) is 6.41. The third-order valence-corrected chi connectivity index (χ3v) is 3.52. The summed E-state index contributed by atoms with van der Waals surface area (Å²) in [5.74, 6) is 1.75. The number of hydrogen-bond acceptors (Lipinski definition) is 2. The maximum atomic E-state index is 6.22. The van der Waals surface area contributed by atoms with E-state index < -0.39 is 0 Å². The number of rotatable bonds is 7. The summed E-state index contributed by atoms with van der Waals surface area (Å²) in [5.41, 5.74) is 1.15. The highest BCUT2D eigenvalue weighted by Gasteiger charge is 2.21. The topological polar surface area (TPSA) is 21.3 Å². The zero-order chi connectivity index (χ0) is 13.0. The van der Waals surface area contributed by atoms with Crippen molar-refractivity contribution in [3.8, 4) is 5.75 Å². The van der Waals surface area contributed by atoms with Crippen LogP contribution in [0.2, 0.25) is 5.02 Å². The number of nitrogens with one attached hydrogen (secondary N) is 1. The van der Waals surface area contributed by atoms with Crippen molar-refractivity contribution in [3.05, 3.63) is 28.8 Å². The molecule has 1 N–H and O–H groups in total. The van der Waals surface area contributed by atoms with Gasteiger partial charge in [-0.1, -0.05) is 50.4 Å². The molecule has 1 aliphatic carbocycles. The van der Waals surface area contributed by atoms with Gasteiger partial charge in [0.05, 0.1) is 11.6 Å². The fraction of sp³-hybridized carbons (Fsp3) is 0.600. The van der Waals surface area contributed by atoms with Gasteiger partial charge in [0.25, 0.3) is 0 Å². The number of halogens is 1. The standard InChI is InChI=1S/C15H22ClNO/c1-11(2)17-10-13-4-3-5-14(16)15(13)18-9-8-12-6-7-12/h3-5,11-12,17H,6-10H2,1-2H3. The lowest BCUT2D eigenvalue weighted by molar-refractivity contribution is 0.298. The molecular weight excluding hydrogens is 246 g/mol. The van der Waals surface area contributed by atoms with Crippen molar-refractivity contribution in [1.29, 1.82) is 0 Å². The van der Waals surface area contributed by atoms with E-state index >= 15 is 0 Å². The Morgan fingerprint density at radius 2 is 2.17 bits per heavy atom. The zero-order valence-corrected chi connectivity index (χ0v) is 12.0. The molecule has 100 valence electrons. The first-order valence-electron chi connectivity index (χ1n) is 6.80. The van der Waals surface area contributed by atoms with Crippen molar-refractivity contribution in [2.24, 2.45) is 5.92 Å². The van der Waals surface area contributed by atoms with E-state index in [1.807, 2.05) is 12.1 Å². The molecule has 2 nitrogen and oxygen atoms in total. The second-order valence-corrected chi connectivity index (χ2v) is 5.75. The van der Waals surface area contributed by atoms with Crippen LogP contribution in [0.4, 0.5) is 0 Å². The Bertz CT molecular complexity index is 388. The molecule has 18 heavy (non-hydrogen) atoms. The van der Waals surface area contributed by atoms with E-state index in [2.05, 4.69) is 25.2 Å². The van der Waals surface area contributed by atoms with Crippen molar-refractivity contribution in [2.75, 3.05) is 6.61 Å². The summed E-state index contributed by atoms with van der Waals surface area (Å²) in [6.45, 7) is 5.86. The molecule has 1 aliphatic rings. The number of hydrogen-bond donors (Lipinski definition) is 1. The molecule has 0 aliphatic heterocycles. The highest BCUT2D eigenvalue weighted by Crippen LogP contribution is 2.34.